The minimum absolute atomic E-state index is 0.216. The number of hydrogen-bond donors (Lipinski definition) is 3. The highest BCUT2D eigenvalue weighted by Gasteiger charge is 2.30. The van der Waals surface area contributed by atoms with Gasteiger partial charge in [-0.25, -0.2) is 4.79 Å². The van der Waals surface area contributed by atoms with Crippen molar-refractivity contribution >= 4 is 23.7 Å². The van der Waals surface area contributed by atoms with Crippen molar-refractivity contribution in [1.82, 2.24) is 0 Å². The summed E-state index contributed by atoms with van der Waals surface area (Å²) in [6, 6.07) is 15.6. The van der Waals surface area contributed by atoms with Crippen molar-refractivity contribution in [3.8, 4) is 5.75 Å². The zero-order valence-corrected chi connectivity index (χ0v) is 19.2. The van der Waals surface area contributed by atoms with Gasteiger partial charge in [0.2, 0.25) is 0 Å². The van der Waals surface area contributed by atoms with Gasteiger partial charge in [0.15, 0.2) is 0 Å². The number of aliphatic hydroxyl groups is 1. The minimum atomic E-state index is -1.13. The average molecular weight is 475 g/mol. The standard InChI is InChI=1S/C25H30O7S/c26-21(14-31-15-22(27)28)25(33-16-23(29)30)20-12-6-11-19(18-9-4-5-10-18)24(20)32-13-17-7-2-1-3-8-17/h1-3,6-8,11-12,18,21,25-26H,4-5,9-10,13-16H2,(H,27,28)(H,29,30). The predicted octanol–water partition coefficient (Wildman–Crippen LogP) is 4.24. The number of hydrogen-bond acceptors (Lipinski definition) is 6. The van der Waals surface area contributed by atoms with Crippen LogP contribution in [0.4, 0.5) is 0 Å². The summed E-state index contributed by atoms with van der Waals surface area (Å²) in [4.78, 5) is 22.1. The maximum absolute atomic E-state index is 11.3. The zero-order valence-electron chi connectivity index (χ0n) is 18.4. The second-order valence-corrected chi connectivity index (χ2v) is 9.25. The topological polar surface area (TPSA) is 113 Å². The SMILES string of the molecule is O=C(O)COCC(O)C(SCC(=O)O)c1cccc(C2CCCC2)c1OCc1ccccc1. The number of aliphatic carboxylic acids is 2. The fourth-order valence-corrected chi connectivity index (χ4v) is 5.16. The summed E-state index contributed by atoms with van der Waals surface area (Å²) in [6.45, 7) is -0.415. The molecule has 33 heavy (non-hydrogen) atoms. The fraction of sp³-hybridized carbons (Fsp3) is 0.440. The number of carboxylic acid groups (broad SMARTS) is 2. The summed E-state index contributed by atoms with van der Waals surface area (Å²) in [6.07, 6.45) is 3.31. The van der Waals surface area contributed by atoms with Crippen LogP contribution in [0, 0.1) is 0 Å². The smallest absolute Gasteiger partial charge is 0.329 e. The summed E-state index contributed by atoms with van der Waals surface area (Å²) in [5.41, 5.74) is 2.78. The van der Waals surface area contributed by atoms with E-state index in [1.54, 1.807) is 0 Å². The number of carbonyl (C=O) groups is 2. The molecule has 7 nitrogen and oxygen atoms in total. The Bertz CT molecular complexity index is 912. The number of thioether (sulfide) groups is 1. The Hall–Kier alpha value is -2.55. The van der Waals surface area contributed by atoms with E-state index < -0.39 is 29.9 Å². The van der Waals surface area contributed by atoms with Crippen LogP contribution in [0.3, 0.4) is 0 Å². The molecule has 178 valence electrons. The van der Waals surface area contributed by atoms with Crippen LogP contribution in [0.1, 0.15) is 53.5 Å². The molecule has 2 unspecified atom stereocenters. The summed E-state index contributed by atoms with van der Waals surface area (Å²) in [5, 5.41) is 28.3. The number of para-hydroxylation sites is 1. The summed E-state index contributed by atoms with van der Waals surface area (Å²) in [5.74, 6) is -1.32. The van der Waals surface area contributed by atoms with E-state index in [-0.39, 0.29) is 12.4 Å². The molecule has 2 atom stereocenters. The Morgan fingerprint density at radius 3 is 2.39 bits per heavy atom. The number of rotatable bonds is 13. The first-order valence-corrected chi connectivity index (χ1v) is 12.1. The largest absolute Gasteiger partial charge is 0.488 e. The molecule has 0 aromatic heterocycles. The number of ether oxygens (including phenoxy) is 2. The minimum Gasteiger partial charge on any atom is -0.488 e. The first kappa shape index (κ1) is 25.1. The molecule has 0 amide bonds. The van der Waals surface area contributed by atoms with Crippen LogP contribution in [0.25, 0.3) is 0 Å². The molecule has 1 fully saturated rings. The maximum Gasteiger partial charge on any atom is 0.329 e. The quantitative estimate of drug-likeness (QED) is 0.395. The van der Waals surface area contributed by atoms with Gasteiger partial charge < -0.3 is 24.8 Å². The lowest BCUT2D eigenvalue weighted by atomic mass is 9.92. The van der Waals surface area contributed by atoms with E-state index in [1.807, 2.05) is 48.5 Å². The molecular formula is C25H30O7S. The van der Waals surface area contributed by atoms with Crippen LogP contribution in [0.5, 0.6) is 5.75 Å². The van der Waals surface area contributed by atoms with Gasteiger partial charge in [0, 0.05) is 5.56 Å². The van der Waals surface area contributed by atoms with Crippen LogP contribution in [-0.2, 0) is 20.9 Å². The van der Waals surface area contributed by atoms with Gasteiger partial charge in [-0.15, -0.1) is 11.8 Å². The molecule has 0 bridgehead atoms. The van der Waals surface area contributed by atoms with Gasteiger partial charge in [0.25, 0.3) is 0 Å². The molecule has 1 saturated carbocycles. The van der Waals surface area contributed by atoms with E-state index in [2.05, 4.69) is 0 Å². The van der Waals surface area contributed by atoms with Crippen molar-refractivity contribution in [2.45, 2.75) is 49.6 Å². The third kappa shape index (κ3) is 7.48. The van der Waals surface area contributed by atoms with Crippen molar-refractivity contribution < 1.29 is 34.4 Å². The molecule has 1 aliphatic carbocycles. The second-order valence-electron chi connectivity index (χ2n) is 8.12. The Balaban J connectivity index is 1.92. The van der Waals surface area contributed by atoms with Gasteiger partial charge in [-0.3, -0.25) is 4.79 Å². The number of aliphatic hydroxyl groups excluding tert-OH is 1. The molecule has 0 aliphatic heterocycles. The van der Waals surface area contributed by atoms with Gasteiger partial charge in [0.1, 0.15) is 19.0 Å². The average Bonchev–Trinajstić information content (AvgIpc) is 3.33. The first-order chi connectivity index (χ1) is 16.0. The molecule has 2 aromatic rings. The predicted molar refractivity (Wildman–Crippen MR) is 126 cm³/mol. The summed E-state index contributed by atoms with van der Waals surface area (Å²) < 4.78 is 11.5. The third-order valence-corrected chi connectivity index (χ3v) is 6.99. The molecule has 8 heteroatoms. The highest BCUT2D eigenvalue weighted by molar-refractivity contribution is 8.00. The highest BCUT2D eigenvalue weighted by Crippen LogP contribution is 2.45. The van der Waals surface area contributed by atoms with Gasteiger partial charge in [0.05, 0.1) is 23.7 Å². The van der Waals surface area contributed by atoms with Crippen molar-refractivity contribution in [2.24, 2.45) is 0 Å². The van der Waals surface area contributed by atoms with Crippen molar-refractivity contribution in [3.63, 3.8) is 0 Å². The Kier molecular flexibility index (Phi) is 9.60. The molecule has 0 heterocycles. The molecule has 2 aromatic carbocycles. The molecule has 1 aliphatic rings. The summed E-state index contributed by atoms with van der Waals surface area (Å²) in [7, 11) is 0. The Morgan fingerprint density at radius 2 is 1.73 bits per heavy atom. The monoisotopic (exact) mass is 474 g/mol. The Morgan fingerprint density at radius 1 is 1.00 bits per heavy atom. The van der Waals surface area contributed by atoms with Crippen molar-refractivity contribution in [2.75, 3.05) is 19.0 Å². The van der Waals surface area contributed by atoms with E-state index in [0.29, 0.717) is 23.8 Å². The molecule has 3 rings (SSSR count). The second kappa shape index (κ2) is 12.6. The van der Waals surface area contributed by atoms with Crippen molar-refractivity contribution in [3.05, 3.63) is 65.2 Å². The van der Waals surface area contributed by atoms with Crippen LogP contribution in [-0.4, -0.2) is 52.3 Å². The van der Waals surface area contributed by atoms with E-state index in [0.717, 1.165) is 48.6 Å². The van der Waals surface area contributed by atoms with Gasteiger partial charge in [-0.05, 0) is 29.9 Å². The van der Waals surface area contributed by atoms with E-state index in [1.165, 1.54) is 0 Å². The number of benzene rings is 2. The van der Waals surface area contributed by atoms with Crippen molar-refractivity contribution in [1.29, 1.82) is 0 Å². The van der Waals surface area contributed by atoms with Gasteiger partial charge >= 0.3 is 11.9 Å². The lowest BCUT2D eigenvalue weighted by molar-refractivity contribution is -0.143. The van der Waals surface area contributed by atoms with E-state index in [9.17, 15) is 19.8 Å². The maximum atomic E-state index is 11.3. The molecule has 0 saturated heterocycles. The number of carboxylic acids is 2. The van der Waals surface area contributed by atoms with E-state index in [4.69, 9.17) is 14.6 Å². The van der Waals surface area contributed by atoms with Crippen LogP contribution < -0.4 is 4.74 Å². The van der Waals surface area contributed by atoms with E-state index >= 15 is 0 Å². The van der Waals surface area contributed by atoms with Crippen LogP contribution in [0.2, 0.25) is 0 Å². The lowest BCUT2D eigenvalue weighted by Gasteiger charge is -2.27. The summed E-state index contributed by atoms with van der Waals surface area (Å²) >= 11 is 1.08. The van der Waals surface area contributed by atoms with Crippen LogP contribution >= 0.6 is 11.8 Å². The zero-order chi connectivity index (χ0) is 23.6. The molecular weight excluding hydrogens is 444 g/mol. The molecule has 0 radical (unpaired) electrons. The van der Waals surface area contributed by atoms with Gasteiger partial charge in [-0.2, -0.15) is 0 Å². The van der Waals surface area contributed by atoms with Gasteiger partial charge in [-0.1, -0.05) is 61.4 Å². The lowest BCUT2D eigenvalue weighted by Crippen LogP contribution is -2.25. The Labute approximate surface area is 197 Å². The normalized spacial score (nSPS) is 15.8. The fourth-order valence-electron chi connectivity index (χ4n) is 4.18. The first-order valence-electron chi connectivity index (χ1n) is 11.1. The molecule has 3 N–H and O–H groups in total. The highest BCUT2D eigenvalue weighted by atomic mass is 32.2. The third-order valence-electron chi connectivity index (χ3n) is 5.65. The molecule has 0 spiro atoms. The van der Waals surface area contributed by atoms with Crippen LogP contribution in [0.15, 0.2) is 48.5 Å².